The van der Waals surface area contributed by atoms with Gasteiger partial charge in [0.05, 0.1) is 17.8 Å². The number of rotatable bonds is 7. The van der Waals surface area contributed by atoms with Gasteiger partial charge in [-0.3, -0.25) is 4.79 Å². The fraction of sp³-hybridized carbons (Fsp3) is 0.348. The van der Waals surface area contributed by atoms with Crippen molar-refractivity contribution in [2.45, 2.75) is 25.2 Å². The van der Waals surface area contributed by atoms with Gasteiger partial charge in [-0.1, -0.05) is 0 Å². The SMILES string of the molecule is COCCC(=O)NCC1CC(c2c(-c3ccc(F)cc3)[nH]c3c(F)cc(F)cc23)C1. The van der Waals surface area contributed by atoms with Crippen molar-refractivity contribution in [3.05, 3.63) is 59.4 Å². The van der Waals surface area contributed by atoms with Gasteiger partial charge in [-0.2, -0.15) is 0 Å². The fourth-order valence-corrected chi connectivity index (χ4v) is 4.19. The molecule has 0 saturated heterocycles. The lowest BCUT2D eigenvalue weighted by Crippen LogP contribution is -2.35. The number of hydrogen-bond donors (Lipinski definition) is 2. The zero-order chi connectivity index (χ0) is 21.3. The van der Waals surface area contributed by atoms with Crippen molar-refractivity contribution in [3.63, 3.8) is 0 Å². The van der Waals surface area contributed by atoms with E-state index < -0.39 is 11.6 Å². The van der Waals surface area contributed by atoms with Gasteiger partial charge in [0.2, 0.25) is 5.91 Å². The largest absolute Gasteiger partial charge is 0.384 e. The molecule has 2 N–H and O–H groups in total. The Bertz CT molecular complexity index is 1060. The van der Waals surface area contributed by atoms with Crippen LogP contribution in [0.15, 0.2) is 36.4 Å². The van der Waals surface area contributed by atoms with Crippen LogP contribution in [0.2, 0.25) is 0 Å². The number of amides is 1. The summed E-state index contributed by atoms with van der Waals surface area (Å²) in [5, 5.41) is 3.42. The van der Waals surface area contributed by atoms with Gasteiger partial charge < -0.3 is 15.0 Å². The number of aromatic amines is 1. The molecule has 1 aromatic heterocycles. The zero-order valence-corrected chi connectivity index (χ0v) is 16.6. The molecular weight excluding hydrogens is 393 g/mol. The van der Waals surface area contributed by atoms with E-state index in [-0.39, 0.29) is 23.2 Å². The van der Waals surface area contributed by atoms with Crippen LogP contribution in [-0.2, 0) is 9.53 Å². The van der Waals surface area contributed by atoms with Crippen LogP contribution in [0.5, 0.6) is 0 Å². The molecule has 4 nitrogen and oxygen atoms in total. The number of fused-ring (bicyclic) bond motifs is 1. The van der Waals surface area contributed by atoms with Gasteiger partial charge in [-0.25, -0.2) is 13.2 Å². The number of carbonyl (C=O) groups excluding carboxylic acids is 1. The van der Waals surface area contributed by atoms with Crippen LogP contribution in [0.3, 0.4) is 0 Å². The summed E-state index contributed by atoms with van der Waals surface area (Å²) >= 11 is 0. The minimum absolute atomic E-state index is 0.0523. The lowest BCUT2D eigenvalue weighted by atomic mass is 9.70. The maximum Gasteiger partial charge on any atom is 0.222 e. The maximum absolute atomic E-state index is 14.4. The van der Waals surface area contributed by atoms with Crippen molar-refractivity contribution in [2.75, 3.05) is 20.3 Å². The first kappa shape index (κ1) is 20.5. The predicted molar refractivity (Wildman–Crippen MR) is 109 cm³/mol. The molecule has 1 aliphatic rings. The number of carbonyl (C=O) groups is 1. The number of H-pyrrole nitrogens is 1. The first-order valence-electron chi connectivity index (χ1n) is 9.98. The van der Waals surface area contributed by atoms with Gasteiger partial charge in [0.25, 0.3) is 0 Å². The summed E-state index contributed by atoms with van der Waals surface area (Å²) in [5.74, 6) is -1.30. The molecule has 30 heavy (non-hydrogen) atoms. The van der Waals surface area contributed by atoms with Crippen LogP contribution in [0.1, 0.15) is 30.7 Å². The highest BCUT2D eigenvalue weighted by Crippen LogP contribution is 2.48. The molecule has 1 fully saturated rings. The molecule has 158 valence electrons. The molecule has 1 aliphatic carbocycles. The standard InChI is InChI=1S/C23H23F3N2O2/c1-30-7-6-20(29)27-12-13-8-15(9-13)21-18-10-17(25)11-19(26)23(18)28-22(21)14-2-4-16(24)5-3-14/h2-5,10-11,13,15,28H,6-9,12H2,1H3,(H,27,29). The molecule has 3 aromatic rings. The third kappa shape index (κ3) is 4.07. The normalized spacial score (nSPS) is 18.4. The Morgan fingerprint density at radius 2 is 1.87 bits per heavy atom. The molecule has 2 aromatic carbocycles. The Morgan fingerprint density at radius 3 is 2.57 bits per heavy atom. The van der Waals surface area contributed by atoms with E-state index in [9.17, 15) is 18.0 Å². The number of halogens is 3. The van der Waals surface area contributed by atoms with E-state index in [0.717, 1.165) is 30.0 Å². The maximum atomic E-state index is 14.4. The summed E-state index contributed by atoms with van der Waals surface area (Å²) in [6, 6.07) is 8.16. The second-order valence-corrected chi connectivity index (χ2v) is 7.81. The van der Waals surface area contributed by atoms with Crippen molar-refractivity contribution in [1.82, 2.24) is 10.3 Å². The van der Waals surface area contributed by atoms with Crippen molar-refractivity contribution in [3.8, 4) is 11.3 Å². The Labute approximate surface area is 172 Å². The van der Waals surface area contributed by atoms with Gasteiger partial charge in [-0.05, 0) is 66.1 Å². The predicted octanol–water partition coefficient (Wildman–Crippen LogP) is 4.90. The lowest BCUT2D eigenvalue weighted by Gasteiger charge is -2.36. The number of aromatic nitrogens is 1. The van der Waals surface area contributed by atoms with Gasteiger partial charge in [-0.15, -0.1) is 0 Å². The van der Waals surface area contributed by atoms with E-state index in [1.165, 1.54) is 18.2 Å². The monoisotopic (exact) mass is 416 g/mol. The highest BCUT2D eigenvalue weighted by atomic mass is 19.1. The highest BCUT2D eigenvalue weighted by molar-refractivity contribution is 5.92. The van der Waals surface area contributed by atoms with Crippen LogP contribution >= 0.6 is 0 Å². The van der Waals surface area contributed by atoms with E-state index in [1.54, 1.807) is 19.2 Å². The van der Waals surface area contributed by atoms with E-state index in [0.29, 0.717) is 36.6 Å². The van der Waals surface area contributed by atoms with Crippen molar-refractivity contribution in [2.24, 2.45) is 5.92 Å². The van der Waals surface area contributed by atoms with Gasteiger partial charge in [0.1, 0.15) is 17.5 Å². The molecule has 0 radical (unpaired) electrons. The second kappa shape index (κ2) is 8.52. The molecule has 1 heterocycles. The second-order valence-electron chi connectivity index (χ2n) is 7.81. The molecule has 7 heteroatoms. The van der Waals surface area contributed by atoms with Gasteiger partial charge in [0.15, 0.2) is 0 Å². The van der Waals surface area contributed by atoms with Crippen LogP contribution in [-0.4, -0.2) is 31.2 Å². The molecule has 0 aliphatic heterocycles. The van der Waals surface area contributed by atoms with Crippen molar-refractivity contribution >= 4 is 16.8 Å². The van der Waals surface area contributed by atoms with E-state index in [1.807, 2.05) is 0 Å². The molecule has 1 saturated carbocycles. The molecule has 0 unspecified atom stereocenters. The Hall–Kier alpha value is -2.80. The number of methoxy groups -OCH3 is 1. The first-order valence-corrected chi connectivity index (χ1v) is 9.98. The molecule has 4 rings (SSSR count). The number of benzene rings is 2. The van der Waals surface area contributed by atoms with E-state index >= 15 is 0 Å². The van der Waals surface area contributed by atoms with E-state index in [4.69, 9.17) is 4.74 Å². The van der Waals surface area contributed by atoms with Crippen LogP contribution < -0.4 is 5.32 Å². The summed E-state index contributed by atoms with van der Waals surface area (Å²) < 4.78 is 46.6. The first-order chi connectivity index (χ1) is 14.5. The van der Waals surface area contributed by atoms with Gasteiger partial charge in [0, 0.05) is 31.5 Å². The molecule has 0 spiro atoms. The zero-order valence-electron chi connectivity index (χ0n) is 16.6. The Balaban J connectivity index is 1.58. The topological polar surface area (TPSA) is 54.1 Å². The van der Waals surface area contributed by atoms with Crippen molar-refractivity contribution in [1.29, 1.82) is 0 Å². The fourth-order valence-electron chi connectivity index (χ4n) is 4.19. The molecule has 0 bridgehead atoms. The summed E-state index contributed by atoms with van der Waals surface area (Å²) in [6.07, 6.45) is 1.91. The third-order valence-electron chi connectivity index (χ3n) is 5.76. The van der Waals surface area contributed by atoms with Crippen LogP contribution in [0.4, 0.5) is 13.2 Å². The molecule has 0 atom stereocenters. The summed E-state index contributed by atoms with van der Waals surface area (Å²) in [4.78, 5) is 14.8. The lowest BCUT2D eigenvalue weighted by molar-refractivity contribution is -0.122. The number of hydrogen-bond acceptors (Lipinski definition) is 2. The van der Waals surface area contributed by atoms with E-state index in [2.05, 4.69) is 10.3 Å². The third-order valence-corrected chi connectivity index (χ3v) is 5.76. The minimum atomic E-state index is -0.652. The average Bonchev–Trinajstić information content (AvgIpc) is 3.05. The smallest absolute Gasteiger partial charge is 0.222 e. The Kier molecular flexibility index (Phi) is 5.81. The summed E-state index contributed by atoms with van der Waals surface area (Å²) in [7, 11) is 1.55. The number of ether oxygens (including phenoxy) is 1. The molecular formula is C23H23F3N2O2. The average molecular weight is 416 g/mol. The minimum Gasteiger partial charge on any atom is -0.384 e. The van der Waals surface area contributed by atoms with Crippen LogP contribution in [0.25, 0.3) is 22.2 Å². The Morgan fingerprint density at radius 1 is 1.13 bits per heavy atom. The van der Waals surface area contributed by atoms with Crippen molar-refractivity contribution < 1.29 is 22.7 Å². The van der Waals surface area contributed by atoms with Crippen LogP contribution in [0, 0.1) is 23.4 Å². The summed E-state index contributed by atoms with van der Waals surface area (Å²) in [5.41, 5.74) is 2.50. The quantitative estimate of drug-likeness (QED) is 0.576. The summed E-state index contributed by atoms with van der Waals surface area (Å²) in [6.45, 7) is 0.947. The van der Waals surface area contributed by atoms with Gasteiger partial charge >= 0.3 is 0 Å². The number of nitrogens with one attached hydrogen (secondary N) is 2. The molecule has 1 amide bonds. The highest BCUT2D eigenvalue weighted by Gasteiger charge is 2.34.